The molecule has 0 saturated carbocycles. The molecule has 0 fully saturated rings. The SMILES string of the molecule is C1=CC2=COCC2=C1.CO. The fourth-order valence-electron chi connectivity index (χ4n) is 0.939. The monoisotopic (exact) mass is 138 g/mol. The van der Waals surface area contributed by atoms with Crippen LogP contribution in [0.1, 0.15) is 0 Å². The van der Waals surface area contributed by atoms with E-state index < -0.39 is 0 Å². The van der Waals surface area contributed by atoms with Crippen molar-refractivity contribution in [3.8, 4) is 0 Å². The predicted molar refractivity (Wildman–Crippen MR) is 39.4 cm³/mol. The zero-order valence-electron chi connectivity index (χ0n) is 5.87. The molecule has 0 saturated heterocycles. The number of aliphatic hydroxyl groups is 1. The maximum absolute atomic E-state index is 7.00. The number of hydrogen-bond acceptors (Lipinski definition) is 2. The quantitative estimate of drug-likeness (QED) is 0.541. The Morgan fingerprint density at radius 3 is 3.00 bits per heavy atom. The third-order valence-corrected chi connectivity index (χ3v) is 1.39. The van der Waals surface area contributed by atoms with Gasteiger partial charge in [-0.1, -0.05) is 18.2 Å². The van der Waals surface area contributed by atoms with Gasteiger partial charge in [-0.2, -0.15) is 0 Å². The van der Waals surface area contributed by atoms with Crippen molar-refractivity contribution in [2.24, 2.45) is 0 Å². The Kier molecular flexibility index (Phi) is 2.29. The van der Waals surface area contributed by atoms with Crippen molar-refractivity contribution < 1.29 is 9.84 Å². The van der Waals surface area contributed by atoms with Crippen molar-refractivity contribution in [3.05, 3.63) is 35.6 Å². The van der Waals surface area contributed by atoms with E-state index in [1.54, 1.807) is 6.26 Å². The van der Waals surface area contributed by atoms with Crippen LogP contribution in [-0.2, 0) is 4.74 Å². The summed E-state index contributed by atoms with van der Waals surface area (Å²) in [7, 11) is 1.00. The van der Waals surface area contributed by atoms with Crippen molar-refractivity contribution in [2.45, 2.75) is 0 Å². The summed E-state index contributed by atoms with van der Waals surface area (Å²) in [5.41, 5.74) is 2.55. The highest BCUT2D eigenvalue weighted by atomic mass is 16.5. The molecule has 2 aliphatic rings. The summed E-state index contributed by atoms with van der Waals surface area (Å²) in [6.07, 6.45) is 7.99. The van der Waals surface area contributed by atoms with Gasteiger partial charge >= 0.3 is 0 Å². The largest absolute Gasteiger partial charge is 0.496 e. The summed E-state index contributed by atoms with van der Waals surface area (Å²) in [4.78, 5) is 0. The number of aliphatic hydroxyl groups excluding tert-OH is 1. The first-order valence-electron chi connectivity index (χ1n) is 3.11. The van der Waals surface area contributed by atoms with Crippen LogP contribution in [0.15, 0.2) is 35.6 Å². The van der Waals surface area contributed by atoms with E-state index in [1.807, 2.05) is 6.08 Å². The van der Waals surface area contributed by atoms with E-state index in [2.05, 4.69) is 12.2 Å². The zero-order valence-corrected chi connectivity index (χ0v) is 5.87. The van der Waals surface area contributed by atoms with Gasteiger partial charge in [-0.15, -0.1) is 0 Å². The molecule has 2 heteroatoms. The molecule has 1 aliphatic carbocycles. The molecular weight excluding hydrogens is 128 g/mol. The van der Waals surface area contributed by atoms with Gasteiger partial charge in [0, 0.05) is 12.7 Å². The highest BCUT2D eigenvalue weighted by Gasteiger charge is 2.11. The lowest BCUT2D eigenvalue weighted by Gasteiger charge is -1.86. The molecule has 2 rings (SSSR count). The number of ether oxygens (including phenoxy) is 1. The van der Waals surface area contributed by atoms with Crippen molar-refractivity contribution in [3.63, 3.8) is 0 Å². The molecule has 54 valence electrons. The Labute approximate surface area is 60.1 Å². The zero-order chi connectivity index (χ0) is 7.40. The molecule has 0 bridgehead atoms. The maximum atomic E-state index is 7.00. The van der Waals surface area contributed by atoms with Crippen molar-refractivity contribution in [2.75, 3.05) is 13.7 Å². The minimum absolute atomic E-state index is 0.766. The number of allylic oxidation sites excluding steroid dienone is 3. The Balaban J connectivity index is 0.000000231. The second kappa shape index (κ2) is 3.22. The minimum atomic E-state index is 0.766. The topological polar surface area (TPSA) is 29.5 Å². The van der Waals surface area contributed by atoms with Crippen LogP contribution >= 0.6 is 0 Å². The second-order valence-corrected chi connectivity index (χ2v) is 1.94. The van der Waals surface area contributed by atoms with Gasteiger partial charge in [0.05, 0.1) is 6.26 Å². The molecule has 0 aromatic heterocycles. The van der Waals surface area contributed by atoms with E-state index in [-0.39, 0.29) is 0 Å². The summed E-state index contributed by atoms with van der Waals surface area (Å²) in [5, 5.41) is 7.00. The number of fused-ring (bicyclic) bond motifs is 1. The summed E-state index contributed by atoms with van der Waals surface area (Å²) < 4.78 is 5.03. The van der Waals surface area contributed by atoms with Gasteiger partial charge in [-0.3, -0.25) is 0 Å². The molecule has 1 aliphatic heterocycles. The van der Waals surface area contributed by atoms with Gasteiger partial charge in [0.25, 0.3) is 0 Å². The van der Waals surface area contributed by atoms with Crippen LogP contribution in [0, 0.1) is 0 Å². The molecule has 0 atom stereocenters. The number of rotatable bonds is 0. The molecule has 0 radical (unpaired) electrons. The van der Waals surface area contributed by atoms with Gasteiger partial charge in [-0.05, 0) is 5.57 Å². The van der Waals surface area contributed by atoms with E-state index in [4.69, 9.17) is 9.84 Å². The van der Waals surface area contributed by atoms with E-state index >= 15 is 0 Å². The molecule has 0 spiro atoms. The van der Waals surface area contributed by atoms with Gasteiger partial charge in [-0.25, -0.2) is 0 Å². The molecule has 0 amide bonds. The lowest BCUT2D eigenvalue weighted by atomic mass is 10.2. The third-order valence-electron chi connectivity index (χ3n) is 1.39. The van der Waals surface area contributed by atoms with E-state index in [9.17, 15) is 0 Å². The van der Waals surface area contributed by atoms with Crippen molar-refractivity contribution in [1.29, 1.82) is 0 Å². The normalized spacial score (nSPS) is 18.2. The van der Waals surface area contributed by atoms with Crippen LogP contribution in [0.4, 0.5) is 0 Å². The molecule has 2 nitrogen and oxygen atoms in total. The Morgan fingerprint density at radius 1 is 1.50 bits per heavy atom. The Bertz CT molecular complexity index is 199. The third kappa shape index (κ3) is 1.11. The first-order chi connectivity index (χ1) is 4.97. The van der Waals surface area contributed by atoms with Gasteiger partial charge in [0.15, 0.2) is 0 Å². The summed E-state index contributed by atoms with van der Waals surface area (Å²) in [6.45, 7) is 0.766. The van der Waals surface area contributed by atoms with Crippen LogP contribution in [0.5, 0.6) is 0 Å². The van der Waals surface area contributed by atoms with Crippen molar-refractivity contribution >= 4 is 0 Å². The second-order valence-electron chi connectivity index (χ2n) is 1.94. The first-order valence-corrected chi connectivity index (χ1v) is 3.11. The fourth-order valence-corrected chi connectivity index (χ4v) is 0.939. The maximum Gasteiger partial charge on any atom is 0.113 e. The van der Waals surface area contributed by atoms with E-state index in [1.165, 1.54) is 11.1 Å². The lowest BCUT2D eigenvalue weighted by molar-refractivity contribution is 0.301. The van der Waals surface area contributed by atoms with Gasteiger partial charge < -0.3 is 9.84 Å². The predicted octanol–water partition coefficient (Wildman–Crippen LogP) is 1.01. The van der Waals surface area contributed by atoms with Crippen LogP contribution in [0.2, 0.25) is 0 Å². The highest BCUT2D eigenvalue weighted by Crippen LogP contribution is 2.23. The Morgan fingerprint density at radius 2 is 2.30 bits per heavy atom. The van der Waals surface area contributed by atoms with Gasteiger partial charge in [0.2, 0.25) is 0 Å². The highest BCUT2D eigenvalue weighted by molar-refractivity contribution is 5.49. The molecule has 10 heavy (non-hydrogen) atoms. The smallest absolute Gasteiger partial charge is 0.113 e. The average molecular weight is 138 g/mol. The molecule has 0 unspecified atom stereocenters. The lowest BCUT2D eigenvalue weighted by Crippen LogP contribution is -1.80. The molecule has 0 aromatic carbocycles. The summed E-state index contributed by atoms with van der Waals surface area (Å²) in [6, 6.07) is 0. The van der Waals surface area contributed by atoms with Crippen LogP contribution in [0.3, 0.4) is 0 Å². The average Bonchev–Trinajstić information content (AvgIpc) is 2.49. The number of hydrogen-bond donors (Lipinski definition) is 1. The molecule has 1 N–H and O–H groups in total. The summed E-state index contributed by atoms with van der Waals surface area (Å²) >= 11 is 0. The first kappa shape index (κ1) is 7.09. The van der Waals surface area contributed by atoms with Crippen LogP contribution in [0.25, 0.3) is 0 Å². The minimum Gasteiger partial charge on any atom is -0.496 e. The van der Waals surface area contributed by atoms with Crippen LogP contribution in [-0.4, -0.2) is 18.8 Å². The molecule has 1 heterocycles. The fraction of sp³-hybridized carbons (Fsp3) is 0.250. The Hall–Kier alpha value is -1.02. The van der Waals surface area contributed by atoms with Crippen LogP contribution < -0.4 is 0 Å². The standard InChI is InChI=1S/C7H6O.CH4O/c1-2-6-4-8-5-7(6)3-1;1-2/h1-4H,5H2;2H,1H3. The summed E-state index contributed by atoms with van der Waals surface area (Å²) in [5.74, 6) is 0. The molecule has 0 aromatic rings. The molecular formula is C8H10O2. The van der Waals surface area contributed by atoms with E-state index in [0.29, 0.717) is 0 Å². The van der Waals surface area contributed by atoms with E-state index in [0.717, 1.165) is 13.7 Å². The van der Waals surface area contributed by atoms with Gasteiger partial charge in [0.1, 0.15) is 6.61 Å². The van der Waals surface area contributed by atoms with Crippen molar-refractivity contribution in [1.82, 2.24) is 0 Å².